The molecule has 1 aromatic carbocycles. The van der Waals surface area contributed by atoms with Gasteiger partial charge in [-0.1, -0.05) is 12.0 Å². The van der Waals surface area contributed by atoms with Gasteiger partial charge in [-0.05, 0) is 79.8 Å². The van der Waals surface area contributed by atoms with E-state index >= 15 is 0 Å². The van der Waals surface area contributed by atoms with Crippen molar-refractivity contribution in [1.29, 1.82) is 0 Å². The third-order valence-corrected chi connectivity index (χ3v) is 4.87. The molecule has 0 aliphatic carbocycles. The summed E-state index contributed by atoms with van der Waals surface area (Å²) in [5.74, 6) is 6.31. The number of thiophene rings is 1. The summed E-state index contributed by atoms with van der Waals surface area (Å²) < 4.78 is 1.91. The Kier molecular flexibility index (Phi) is 5.48. The zero-order valence-electron chi connectivity index (χ0n) is 16.0. The first-order valence-electron chi connectivity index (χ1n) is 8.81. The van der Waals surface area contributed by atoms with Gasteiger partial charge in [-0.2, -0.15) is 16.4 Å². The lowest BCUT2D eigenvalue weighted by atomic mass is 10.0. The van der Waals surface area contributed by atoms with Crippen LogP contribution in [-0.4, -0.2) is 15.7 Å². The Hall–Kier alpha value is -2.84. The number of amides is 1. The third-order valence-electron chi connectivity index (χ3n) is 4.14. The van der Waals surface area contributed by atoms with Gasteiger partial charge in [-0.15, -0.1) is 0 Å². The number of hydrogen-bond donors (Lipinski definition) is 1. The minimum absolute atomic E-state index is 0.0935. The average molecular weight is 378 g/mol. The molecule has 0 saturated heterocycles. The smallest absolute Gasteiger partial charge is 0.251 e. The molecule has 138 valence electrons. The number of aromatic nitrogens is 2. The van der Waals surface area contributed by atoms with Crippen LogP contribution in [0.25, 0.3) is 0 Å². The minimum Gasteiger partial charge on any atom is -0.348 e. The Labute approximate surface area is 164 Å². The molecule has 0 atom stereocenters. The van der Waals surface area contributed by atoms with E-state index in [1.807, 2.05) is 52.7 Å². The number of carbonyl (C=O) groups is 1. The maximum Gasteiger partial charge on any atom is 0.251 e. The summed E-state index contributed by atoms with van der Waals surface area (Å²) in [6.07, 6.45) is 1.76. The van der Waals surface area contributed by atoms with Gasteiger partial charge in [0, 0.05) is 17.7 Å². The molecule has 0 bridgehead atoms. The summed E-state index contributed by atoms with van der Waals surface area (Å²) in [4.78, 5) is 12.5. The van der Waals surface area contributed by atoms with E-state index in [2.05, 4.69) is 43.0 Å². The van der Waals surface area contributed by atoms with Crippen LogP contribution in [0.4, 0.5) is 0 Å². The molecule has 2 aromatic heterocycles. The molecule has 0 aliphatic rings. The Bertz CT molecular complexity index is 998. The number of nitrogens with zero attached hydrogens (tertiary/aromatic N) is 2. The van der Waals surface area contributed by atoms with Gasteiger partial charge >= 0.3 is 0 Å². The van der Waals surface area contributed by atoms with E-state index < -0.39 is 0 Å². The van der Waals surface area contributed by atoms with E-state index in [0.717, 1.165) is 22.4 Å². The summed E-state index contributed by atoms with van der Waals surface area (Å²) >= 11 is 1.62. The van der Waals surface area contributed by atoms with E-state index in [1.54, 1.807) is 17.5 Å². The van der Waals surface area contributed by atoms with Crippen molar-refractivity contribution in [3.8, 4) is 11.8 Å². The fraction of sp³-hybridized carbons (Fsp3) is 0.273. The number of carbonyl (C=O) groups excluding carboxylic acids is 1. The highest BCUT2D eigenvalue weighted by atomic mass is 32.1. The van der Waals surface area contributed by atoms with Crippen molar-refractivity contribution in [2.24, 2.45) is 0 Å². The molecular formula is C22H23N3OS. The lowest BCUT2D eigenvalue weighted by Crippen LogP contribution is -2.24. The Morgan fingerprint density at radius 1 is 1.22 bits per heavy atom. The fourth-order valence-electron chi connectivity index (χ4n) is 2.64. The van der Waals surface area contributed by atoms with Crippen LogP contribution in [0.5, 0.6) is 0 Å². The number of hydrogen-bond acceptors (Lipinski definition) is 3. The third kappa shape index (κ3) is 4.66. The van der Waals surface area contributed by atoms with E-state index in [4.69, 9.17) is 0 Å². The molecule has 5 heteroatoms. The summed E-state index contributed by atoms with van der Waals surface area (Å²) in [7, 11) is 0. The molecule has 4 nitrogen and oxygen atoms in total. The second kappa shape index (κ2) is 7.81. The molecule has 0 radical (unpaired) electrons. The van der Waals surface area contributed by atoms with Crippen molar-refractivity contribution >= 4 is 17.2 Å². The Balaban J connectivity index is 1.81. The standard InChI is InChI=1S/C22H23N3OS/c1-16-5-6-19(21(26)23-14-17-10-12-27-15-17)13-18(16)7-8-20-9-11-24-25(20)22(2,3)4/h5-6,9-13,15H,14H2,1-4H3,(H,23,26). The number of aryl methyl sites for hydroxylation is 1. The molecular weight excluding hydrogens is 354 g/mol. The van der Waals surface area contributed by atoms with Gasteiger partial charge in [0.1, 0.15) is 5.69 Å². The van der Waals surface area contributed by atoms with Crippen LogP contribution in [-0.2, 0) is 12.1 Å². The largest absolute Gasteiger partial charge is 0.348 e. The molecule has 0 aliphatic heterocycles. The summed E-state index contributed by atoms with van der Waals surface area (Å²) in [6.45, 7) is 8.80. The molecule has 1 N–H and O–H groups in total. The van der Waals surface area contributed by atoms with Gasteiger partial charge in [0.15, 0.2) is 0 Å². The first-order chi connectivity index (χ1) is 12.8. The highest BCUT2D eigenvalue weighted by Gasteiger charge is 2.16. The molecule has 27 heavy (non-hydrogen) atoms. The maximum atomic E-state index is 12.5. The first kappa shape index (κ1) is 18.9. The van der Waals surface area contributed by atoms with Gasteiger partial charge in [0.05, 0.1) is 11.7 Å². The predicted octanol–water partition coefficient (Wildman–Crippen LogP) is 4.34. The quantitative estimate of drug-likeness (QED) is 0.690. The lowest BCUT2D eigenvalue weighted by Gasteiger charge is -2.20. The van der Waals surface area contributed by atoms with E-state index in [9.17, 15) is 4.79 Å². The second-order valence-corrected chi connectivity index (χ2v) is 8.17. The predicted molar refractivity (Wildman–Crippen MR) is 110 cm³/mol. The SMILES string of the molecule is Cc1ccc(C(=O)NCc2ccsc2)cc1C#Cc1ccnn1C(C)(C)C. The molecule has 2 heterocycles. The average Bonchev–Trinajstić information content (AvgIpc) is 3.30. The van der Waals surface area contributed by atoms with Crippen molar-refractivity contribution < 1.29 is 4.79 Å². The van der Waals surface area contributed by atoms with E-state index in [-0.39, 0.29) is 11.4 Å². The van der Waals surface area contributed by atoms with Crippen LogP contribution >= 0.6 is 11.3 Å². The second-order valence-electron chi connectivity index (χ2n) is 7.39. The van der Waals surface area contributed by atoms with Crippen molar-refractivity contribution in [2.75, 3.05) is 0 Å². The van der Waals surface area contributed by atoms with Crippen LogP contribution in [0, 0.1) is 18.8 Å². The molecule has 1 amide bonds. The zero-order chi connectivity index (χ0) is 19.4. The number of benzene rings is 1. The van der Waals surface area contributed by atoms with Crippen LogP contribution in [0.3, 0.4) is 0 Å². The fourth-order valence-corrected chi connectivity index (χ4v) is 3.31. The Morgan fingerprint density at radius 2 is 2.04 bits per heavy atom. The highest BCUT2D eigenvalue weighted by Crippen LogP contribution is 2.16. The van der Waals surface area contributed by atoms with Gasteiger partial charge in [-0.3, -0.25) is 9.48 Å². The van der Waals surface area contributed by atoms with Crippen molar-refractivity contribution in [2.45, 2.75) is 39.8 Å². The first-order valence-corrected chi connectivity index (χ1v) is 9.75. The Morgan fingerprint density at radius 3 is 2.74 bits per heavy atom. The van der Waals surface area contributed by atoms with Gasteiger partial charge < -0.3 is 5.32 Å². The van der Waals surface area contributed by atoms with Gasteiger partial charge in [-0.25, -0.2) is 0 Å². The highest BCUT2D eigenvalue weighted by molar-refractivity contribution is 7.07. The van der Waals surface area contributed by atoms with E-state index in [1.165, 1.54) is 0 Å². The van der Waals surface area contributed by atoms with Crippen LogP contribution < -0.4 is 5.32 Å². The summed E-state index contributed by atoms with van der Waals surface area (Å²) in [6, 6.07) is 9.54. The molecule has 0 saturated carbocycles. The normalized spacial score (nSPS) is 11.0. The molecule has 0 unspecified atom stereocenters. The summed E-state index contributed by atoms with van der Waals surface area (Å²) in [5, 5.41) is 11.4. The van der Waals surface area contributed by atoms with Crippen molar-refractivity contribution in [3.05, 3.63) is 75.2 Å². The van der Waals surface area contributed by atoms with Crippen LogP contribution in [0.1, 0.15) is 53.5 Å². The van der Waals surface area contributed by atoms with E-state index in [0.29, 0.717) is 12.1 Å². The van der Waals surface area contributed by atoms with Gasteiger partial charge in [0.2, 0.25) is 0 Å². The minimum atomic E-state index is -0.133. The molecule has 0 fully saturated rings. The molecule has 0 spiro atoms. The zero-order valence-corrected chi connectivity index (χ0v) is 16.9. The number of nitrogens with one attached hydrogen (secondary N) is 1. The molecule has 3 aromatic rings. The maximum absolute atomic E-state index is 12.5. The van der Waals surface area contributed by atoms with Gasteiger partial charge in [0.25, 0.3) is 5.91 Å². The monoisotopic (exact) mass is 377 g/mol. The van der Waals surface area contributed by atoms with Crippen molar-refractivity contribution in [3.63, 3.8) is 0 Å². The topological polar surface area (TPSA) is 46.9 Å². The van der Waals surface area contributed by atoms with Crippen molar-refractivity contribution in [1.82, 2.24) is 15.1 Å². The van der Waals surface area contributed by atoms with Crippen LogP contribution in [0.2, 0.25) is 0 Å². The summed E-state index contributed by atoms with van der Waals surface area (Å²) in [5.41, 5.74) is 4.33. The van der Waals surface area contributed by atoms with Crippen LogP contribution in [0.15, 0.2) is 47.3 Å². The molecule has 3 rings (SSSR count). The lowest BCUT2D eigenvalue weighted by molar-refractivity contribution is 0.0951. The number of rotatable bonds is 3.